The zero-order valence-electron chi connectivity index (χ0n) is 11.6. The molecule has 5 nitrogen and oxygen atoms in total. The van der Waals surface area contributed by atoms with Gasteiger partial charge in [-0.05, 0) is 44.9 Å². The second-order valence-corrected chi connectivity index (χ2v) is 5.40. The quantitative estimate of drug-likeness (QED) is 0.918. The van der Waals surface area contributed by atoms with Crippen LogP contribution in [-0.2, 0) is 6.54 Å². The van der Waals surface area contributed by atoms with Gasteiger partial charge in [0.2, 0.25) is 0 Å². The fraction of sp³-hybridized carbons (Fsp3) is 0.571. The number of nitrogens with one attached hydrogen (secondary N) is 1. The zero-order chi connectivity index (χ0) is 13.2. The van der Waals surface area contributed by atoms with Gasteiger partial charge in [-0.15, -0.1) is 0 Å². The van der Waals surface area contributed by atoms with Gasteiger partial charge in [0, 0.05) is 25.5 Å². The largest absolute Gasteiger partial charge is 0.367 e. The highest BCUT2D eigenvalue weighted by atomic mass is 15.4. The minimum absolute atomic E-state index is 0.467. The summed E-state index contributed by atoms with van der Waals surface area (Å²) in [7, 11) is 0. The zero-order valence-corrected chi connectivity index (χ0v) is 11.6. The molecule has 3 heterocycles. The second kappa shape index (κ2) is 5.17. The molecule has 0 saturated carbocycles. The Kier molecular flexibility index (Phi) is 3.38. The highest BCUT2D eigenvalue weighted by Gasteiger charge is 2.23. The van der Waals surface area contributed by atoms with Crippen molar-refractivity contribution in [2.45, 2.75) is 39.3 Å². The maximum absolute atomic E-state index is 4.54. The van der Waals surface area contributed by atoms with Crippen LogP contribution in [0.25, 0.3) is 0 Å². The summed E-state index contributed by atoms with van der Waals surface area (Å²) in [4.78, 5) is 10.0. The number of aryl methyl sites for hydroxylation is 2. The second-order valence-electron chi connectivity index (χ2n) is 5.40. The third kappa shape index (κ3) is 2.71. The standard InChI is InChI=1S/C14H21N5/c1-11-16-12(2)19(17-11)14-4-3-7-18(10-14)9-13-5-6-15-8-13/h5-6,8,14-15H,3-4,7,9-10H2,1-2H3. The first-order valence-electron chi connectivity index (χ1n) is 6.96. The molecule has 1 saturated heterocycles. The summed E-state index contributed by atoms with van der Waals surface area (Å²) >= 11 is 0. The van der Waals surface area contributed by atoms with Crippen LogP contribution in [0.2, 0.25) is 0 Å². The molecule has 0 amide bonds. The van der Waals surface area contributed by atoms with Crippen LogP contribution in [0.3, 0.4) is 0 Å². The number of aromatic amines is 1. The third-order valence-corrected chi connectivity index (χ3v) is 3.80. The molecule has 0 aromatic carbocycles. The van der Waals surface area contributed by atoms with Gasteiger partial charge in [0.25, 0.3) is 0 Å². The number of rotatable bonds is 3. The molecule has 5 heteroatoms. The van der Waals surface area contributed by atoms with Gasteiger partial charge in [0.05, 0.1) is 6.04 Å². The number of nitrogens with zero attached hydrogens (tertiary/aromatic N) is 4. The van der Waals surface area contributed by atoms with Gasteiger partial charge in [-0.25, -0.2) is 9.67 Å². The minimum Gasteiger partial charge on any atom is -0.367 e. The first-order valence-corrected chi connectivity index (χ1v) is 6.96. The molecule has 19 heavy (non-hydrogen) atoms. The number of likely N-dealkylation sites (tertiary alicyclic amines) is 1. The molecule has 1 unspecified atom stereocenters. The van der Waals surface area contributed by atoms with E-state index in [0.717, 1.165) is 24.7 Å². The Morgan fingerprint density at radius 2 is 2.32 bits per heavy atom. The van der Waals surface area contributed by atoms with E-state index in [-0.39, 0.29) is 0 Å². The molecular formula is C14H21N5. The topological polar surface area (TPSA) is 49.7 Å². The van der Waals surface area contributed by atoms with Crippen molar-refractivity contribution in [2.24, 2.45) is 0 Å². The van der Waals surface area contributed by atoms with Crippen LogP contribution in [0.15, 0.2) is 18.5 Å². The van der Waals surface area contributed by atoms with Gasteiger partial charge in [0.15, 0.2) is 0 Å². The van der Waals surface area contributed by atoms with Crippen molar-refractivity contribution in [1.29, 1.82) is 0 Å². The lowest BCUT2D eigenvalue weighted by atomic mass is 10.1. The van der Waals surface area contributed by atoms with E-state index in [2.05, 4.69) is 36.9 Å². The molecule has 0 aliphatic carbocycles. The SMILES string of the molecule is Cc1nc(C)n(C2CCCN(Cc3cc[nH]c3)C2)n1. The first kappa shape index (κ1) is 12.4. The molecule has 0 spiro atoms. The Bertz CT molecular complexity index is 528. The van der Waals surface area contributed by atoms with Crippen molar-refractivity contribution in [3.05, 3.63) is 35.7 Å². The highest BCUT2D eigenvalue weighted by molar-refractivity contribution is 5.08. The molecule has 102 valence electrons. The van der Waals surface area contributed by atoms with Crippen LogP contribution < -0.4 is 0 Å². The average molecular weight is 259 g/mol. The number of hydrogen-bond acceptors (Lipinski definition) is 3. The number of hydrogen-bond donors (Lipinski definition) is 1. The van der Waals surface area contributed by atoms with E-state index in [4.69, 9.17) is 0 Å². The fourth-order valence-corrected chi connectivity index (χ4v) is 2.97. The molecule has 2 aromatic heterocycles. The van der Waals surface area contributed by atoms with Crippen LogP contribution in [0.1, 0.15) is 36.1 Å². The Morgan fingerprint density at radius 3 is 3.00 bits per heavy atom. The maximum atomic E-state index is 4.54. The predicted octanol–water partition coefficient (Wildman–Crippen LogP) is 2.06. The lowest BCUT2D eigenvalue weighted by Gasteiger charge is -2.32. The Morgan fingerprint density at radius 1 is 1.42 bits per heavy atom. The lowest BCUT2D eigenvalue weighted by molar-refractivity contribution is 0.161. The van der Waals surface area contributed by atoms with Crippen LogP contribution in [0.5, 0.6) is 0 Å². The van der Waals surface area contributed by atoms with Crippen molar-refractivity contribution in [3.8, 4) is 0 Å². The maximum Gasteiger partial charge on any atom is 0.147 e. The van der Waals surface area contributed by atoms with E-state index >= 15 is 0 Å². The minimum atomic E-state index is 0.467. The first-order chi connectivity index (χ1) is 9.22. The van der Waals surface area contributed by atoms with E-state index in [1.165, 1.54) is 24.9 Å². The van der Waals surface area contributed by atoms with Gasteiger partial charge < -0.3 is 4.98 Å². The predicted molar refractivity (Wildman–Crippen MR) is 73.8 cm³/mol. The van der Waals surface area contributed by atoms with Gasteiger partial charge in [0.1, 0.15) is 11.6 Å². The summed E-state index contributed by atoms with van der Waals surface area (Å²) in [5.41, 5.74) is 1.35. The fourth-order valence-electron chi connectivity index (χ4n) is 2.97. The van der Waals surface area contributed by atoms with Gasteiger partial charge in [-0.3, -0.25) is 4.90 Å². The Labute approximate surface area is 113 Å². The number of piperidine rings is 1. The van der Waals surface area contributed by atoms with E-state index in [0.29, 0.717) is 6.04 Å². The molecule has 1 atom stereocenters. The molecule has 1 aliphatic heterocycles. The van der Waals surface area contributed by atoms with E-state index in [9.17, 15) is 0 Å². The van der Waals surface area contributed by atoms with Crippen LogP contribution in [0.4, 0.5) is 0 Å². The van der Waals surface area contributed by atoms with Gasteiger partial charge in [-0.2, -0.15) is 5.10 Å². The Balaban J connectivity index is 1.69. The number of aromatic nitrogens is 4. The van der Waals surface area contributed by atoms with Crippen LogP contribution >= 0.6 is 0 Å². The summed E-state index contributed by atoms with van der Waals surface area (Å²) in [5, 5.41) is 4.54. The average Bonchev–Trinajstić information content (AvgIpc) is 2.99. The summed E-state index contributed by atoms with van der Waals surface area (Å²) in [6.07, 6.45) is 6.50. The molecule has 1 aliphatic rings. The van der Waals surface area contributed by atoms with Gasteiger partial charge in [-0.1, -0.05) is 0 Å². The van der Waals surface area contributed by atoms with Gasteiger partial charge >= 0.3 is 0 Å². The normalized spacial score (nSPS) is 20.8. The van der Waals surface area contributed by atoms with E-state index in [1.54, 1.807) is 0 Å². The highest BCUT2D eigenvalue weighted by Crippen LogP contribution is 2.23. The van der Waals surface area contributed by atoms with Crippen molar-refractivity contribution in [2.75, 3.05) is 13.1 Å². The molecule has 0 bridgehead atoms. The van der Waals surface area contributed by atoms with Crippen molar-refractivity contribution >= 4 is 0 Å². The summed E-state index contributed by atoms with van der Waals surface area (Å²) < 4.78 is 2.11. The third-order valence-electron chi connectivity index (χ3n) is 3.80. The monoisotopic (exact) mass is 259 g/mol. The summed E-state index contributed by atoms with van der Waals surface area (Å²) in [6.45, 7) is 7.27. The molecule has 1 N–H and O–H groups in total. The molecule has 2 aromatic rings. The van der Waals surface area contributed by atoms with Crippen molar-refractivity contribution in [3.63, 3.8) is 0 Å². The summed E-state index contributed by atoms with van der Waals surface area (Å²) in [5.74, 6) is 1.91. The molecule has 0 radical (unpaired) electrons. The van der Waals surface area contributed by atoms with Crippen molar-refractivity contribution in [1.82, 2.24) is 24.6 Å². The van der Waals surface area contributed by atoms with E-state index in [1.807, 2.05) is 20.0 Å². The number of H-pyrrole nitrogens is 1. The summed E-state index contributed by atoms with van der Waals surface area (Å²) in [6, 6.07) is 2.61. The Hall–Kier alpha value is -1.62. The van der Waals surface area contributed by atoms with Crippen LogP contribution in [-0.4, -0.2) is 37.7 Å². The molecule has 3 rings (SSSR count). The molecule has 1 fully saturated rings. The molecular weight excluding hydrogens is 238 g/mol. The van der Waals surface area contributed by atoms with E-state index < -0.39 is 0 Å². The van der Waals surface area contributed by atoms with Crippen molar-refractivity contribution < 1.29 is 0 Å². The van der Waals surface area contributed by atoms with Crippen LogP contribution in [0, 0.1) is 13.8 Å². The smallest absolute Gasteiger partial charge is 0.147 e. The lowest BCUT2D eigenvalue weighted by Crippen LogP contribution is -2.36.